The fourth-order valence-corrected chi connectivity index (χ4v) is 4.36. The smallest absolute Gasteiger partial charge is 0.355 e. The maximum Gasteiger partial charge on any atom is 0.397 e. The minimum absolute atomic E-state index is 0.0323. The third-order valence-corrected chi connectivity index (χ3v) is 5.59. The van der Waals surface area contributed by atoms with Crippen LogP contribution in [0.15, 0.2) is 30.3 Å². The van der Waals surface area contributed by atoms with Crippen molar-refractivity contribution in [1.82, 2.24) is 10.2 Å². The van der Waals surface area contributed by atoms with E-state index in [-0.39, 0.29) is 23.9 Å². The third-order valence-electron chi connectivity index (χ3n) is 5.59. The molecule has 1 saturated heterocycles. The van der Waals surface area contributed by atoms with E-state index in [9.17, 15) is 22.8 Å². The SMILES string of the molecule is O=C(CC(F)(F)F)NC[C@@]12CCC[C@H]1N(Cc1ccccc1)C(=O)CC2. The molecule has 0 spiro atoms. The molecule has 3 rings (SSSR count). The monoisotopic (exact) mass is 368 g/mol. The highest BCUT2D eigenvalue weighted by atomic mass is 19.4. The van der Waals surface area contributed by atoms with E-state index >= 15 is 0 Å². The minimum atomic E-state index is -4.50. The van der Waals surface area contributed by atoms with Crippen LogP contribution >= 0.6 is 0 Å². The summed E-state index contributed by atoms with van der Waals surface area (Å²) in [6, 6.07) is 9.65. The van der Waals surface area contributed by atoms with Crippen LogP contribution < -0.4 is 5.32 Å². The van der Waals surface area contributed by atoms with Gasteiger partial charge in [0.05, 0.1) is 0 Å². The van der Waals surface area contributed by atoms with Crippen LogP contribution in [0.25, 0.3) is 0 Å². The Kier molecular flexibility index (Phi) is 5.25. The van der Waals surface area contributed by atoms with Gasteiger partial charge in [-0.2, -0.15) is 13.2 Å². The van der Waals surface area contributed by atoms with Gasteiger partial charge in [0.1, 0.15) is 6.42 Å². The number of piperidine rings is 1. The molecule has 1 aliphatic carbocycles. The van der Waals surface area contributed by atoms with Gasteiger partial charge >= 0.3 is 6.18 Å². The van der Waals surface area contributed by atoms with Crippen molar-refractivity contribution in [2.45, 2.75) is 57.3 Å². The Morgan fingerprint density at radius 3 is 2.65 bits per heavy atom. The number of hydrogen-bond donors (Lipinski definition) is 1. The lowest BCUT2D eigenvalue weighted by Crippen LogP contribution is -2.55. The number of fused-ring (bicyclic) bond motifs is 1. The molecule has 2 fully saturated rings. The standard InChI is InChI=1S/C19H23F3N2O2/c20-19(21,22)11-16(25)23-13-18-9-4-7-15(18)24(17(26)8-10-18)12-14-5-2-1-3-6-14/h1-3,5-6,15H,4,7-13H2,(H,23,25)/t15-,18+/m1/s1. The lowest BCUT2D eigenvalue weighted by molar-refractivity contribution is -0.154. The summed E-state index contributed by atoms with van der Waals surface area (Å²) in [5.41, 5.74) is 0.717. The molecule has 2 atom stereocenters. The summed E-state index contributed by atoms with van der Waals surface area (Å²) < 4.78 is 37.1. The summed E-state index contributed by atoms with van der Waals surface area (Å²) in [7, 11) is 0. The third kappa shape index (κ3) is 4.19. The van der Waals surface area contributed by atoms with Crippen LogP contribution in [0.5, 0.6) is 0 Å². The molecule has 1 N–H and O–H groups in total. The van der Waals surface area contributed by atoms with E-state index in [1.165, 1.54) is 0 Å². The Hall–Kier alpha value is -2.05. The molecule has 0 unspecified atom stereocenters. The second-order valence-corrected chi connectivity index (χ2v) is 7.35. The second kappa shape index (κ2) is 7.29. The topological polar surface area (TPSA) is 49.4 Å². The van der Waals surface area contributed by atoms with Gasteiger partial charge in [-0.3, -0.25) is 9.59 Å². The molecule has 1 aromatic rings. The number of nitrogens with zero attached hydrogens (tertiary/aromatic N) is 1. The van der Waals surface area contributed by atoms with Crippen molar-refractivity contribution in [3.63, 3.8) is 0 Å². The predicted octanol–water partition coefficient (Wildman–Crippen LogP) is 3.42. The maximum absolute atomic E-state index is 12.5. The molecule has 2 aliphatic rings. The first-order valence-electron chi connectivity index (χ1n) is 8.96. The zero-order chi connectivity index (χ0) is 18.8. The van der Waals surface area contributed by atoms with Crippen LogP contribution in [0.3, 0.4) is 0 Å². The van der Waals surface area contributed by atoms with Crippen molar-refractivity contribution < 1.29 is 22.8 Å². The first-order chi connectivity index (χ1) is 12.3. The summed E-state index contributed by atoms with van der Waals surface area (Å²) in [6.07, 6.45) is -2.40. The van der Waals surface area contributed by atoms with Crippen LogP contribution in [-0.2, 0) is 16.1 Å². The van der Waals surface area contributed by atoms with Crippen molar-refractivity contribution in [3.05, 3.63) is 35.9 Å². The number of alkyl halides is 3. The van der Waals surface area contributed by atoms with Crippen molar-refractivity contribution >= 4 is 11.8 Å². The molecule has 142 valence electrons. The second-order valence-electron chi connectivity index (χ2n) is 7.35. The highest BCUT2D eigenvalue weighted by Gasteiger charge is 2.50. The normalized spacial score (nSPS) is 25.9. The van der Waals surface area contributed by atoms with Gasteiger partial charge in [-0.15, -0.1) is 0 Å². The first kappa shape index (κ1) is 18.7. The molecule has 0 bridgehead atoms. The molecule has 0 aromatic heterocycles. The van der Waals surface area contributed by atoms with Crippen molar-refractivity contribution in [1.29, 1.82) is 0 Å². The van der Waals surface area contributed by atoms with Gasteiger partial charge in [-0.1, -0.05) is 36.8 Å². The summed E-state index contributed by atoms with van der Waals surface area (Å²) in [6.45, 7) is 0.702. The van der Waals surface area contributed by atoms with E-state index in [0.717, 1.165) is 24.8 Å². The number of benzene rings is 1. The van der Waals surface area contributed by atoms with Crippen LogP contribution in [0.2, 0.25) is 0 Å². The molecule has 1 heterocycles. The summed E-state index contributed by atoms with van der Waals surface area (Å²) in [5, 5.41) is 2.47. The highest BCUT2D eigenvalue weighted by molar-refractivity contribution is 5.78. The van der Waals surface area contributed by atoms with E-state index in [1.807, 2.05) is 35.2 Å². The number of amides is 2. The molecular formula is C19H23F3N2O2. The van der Waals surface area contributed by atoms with Gasteiger partial charge in [-0.25, -0.2) is 0 Å². The van der Waals surface area contributed by atoms with E-state index in [1.54, 1.807) is 0 Å². The van der Waals surface area contributed by atoms with Gasteiger partial charge in [-0.05, 0) is 24.8 Å². The molecule has 26 heavy (non-hydrogen) atoms. The van der Waals surface area contributed by atoms with Gasteiger partial charge in [0, 0.05) is 31.0 Å². The molecule has 7 heteroatoms. The summed E-state index contributed by atoms with van der Waals surface area (Å²) in [5.74, 6) is -0.915. The largest absolute Gasteiger partial charge is 0.397 e. The van der Waals surface area contributed by atoms with Crippen LogP contribution in [0.4, 0.5) is 13.2 Å². The lowest BCUT2D eigenvalue weighted by atomic mass is 9.74. The maximum atomic E-state index is 12.5. The Bertz CT molecular complexity index is 662. The van der Waals surface area contributed by atoms with Crippen LogP contribution in [0.1, 0.15) is 44.1 Å². The first-order valence-corrected chi connectivity index (χ1v) is 8.96. The summed E-state index contributed by atoms with van der Waals surface area (Å²) in [4.78, 5) is 26.0. The molecule has 2 amide bonds. The lowest BCUT2D eigenvalue weighted by Gasteiger charge is -2.46. The molecule has 1 saturated carbocycles. The fourth-order valence-electron chi connectivity index (χ4n) is 4.36. The van der Waals surface area contributed by atoms with Crippen molar-refractivity contribution in [3.8, 4) is 0 Å². The van der Waals surface area contributed by atoms with E-state index in [2.05, 4.69) is 5.32 Å². The van der Waals surface area contributed by atoms with E-state index in [4.69, 9.17) is 0 Å². The number of nitrogens with one attached hydrogen (secondary N) is 1. The number of hydrogen-bond acceptors (Lipinski definition) is 2. The zero-order valence-corrected chi connectivity index (χ0v) is 14.5. The van der Waals surface area contributed by atoms with Gasteiger partial charge in [0.2, 0.25) is 11.8 Å². The van der Waals surface area contributed by atoms with Crippen molar-refractivity contribution in [2.75, 3.05) is 6.54 Å². The molecule has 1 aromatic carbocycles. The van der Waals surface area contributed by atoms with Gasteiger partial charge in [0.15, 0.2) is 0 Å². The number of likely N-dealkylation sites (tertiary alicyclic amines) is 1. The fraction of sp³-hybridized carbons (Fsp3) is 0.579. The Labute approximate surface area is 150 Å². The predicted molar refractivity (Wildman–Crippen MR) is 90.0 cm³/mol. The molecule has 1 aliphatic heterocycles. The number of carbonyl (C=O) groups is 2. The highest BCUT2D eigenvalue weighted by Crippen LogP contribution is 2.48. The molecule has 0 radical (unpaired) electrons. The number of carbonyl (C=O) groups excluding carboxylic acids is 2. The number of rotatable bonds is 5. The van der Waals surface area contributed by atoms with Crippen LogP contribution in [-0.4, -0.2) is 35.5 Å². The van der Waals surface area contributed by atoms with Gasteiger partial charge in [0.25, 0.3) is 0 Å². The summed E-state index contributed by atoms with van der Waals surface area (Å²) >= 11 is 0. The zero-order valence-electron chi connectivity index (χ0n) is 14.5. The van der Waals surface area contributed by atoms with Crippen LogP contribution in [0, 0.1) is 5.41 Å². The average molecular weight is 368 g/mol. The minimum Gasteiger partial charge on any atom is -0.355 e. The van der Waals surface area contributed by atoms with Crippen molar-refractivity contribution in [2.24, 2.45) is 5.41 Å². The van der Waals surface area contributed by atoms with E-state index < -0.39 is 18.5 Å². The molecular weight excluding hydrogens is 345 g/mol. The molecule has 4 nitrogen and oxygen atoms in total. The Morgan fingerprint density at radius 2 is 1.96 bits per heavy atom. The Morgan fingerprint density at radius 1 is 1.23 bits per heavy atom. The average Bonchev–Trinajstić information content (AvgIpc) is 3.00. The Balaban J connectivity index is 1.70. The number of halogens is 3. The quantitative estimate of drug-likeness (QED) is 0.866. The van der Waals surface area contributed by atoms with E-state index in [0.29, 0.717) is 19.4 Å². The van der Waals surface area contributed by atoms with Gasteiger partial charge < -0.3 is 10.2 Å².